The number of guanidine groups is 1. The summed E-state index contributed by atoms with van der Waals surface area (Å²) >= 11 is 0. The molecule has 6 heteroatoms. The third-order valence-electron chi connectivity index (χ3n) is 4.53. The molecule has 1 atom stereocenters. The van der Waals surface area contributed by atoms with Gasteiger partial charge in [0.05, 0.1) is 12.6 Å². The Balaban J connectivity index is 1.35. The summed E-state index contributed by atoms with van der Waals surface area (Å²) in [6, 6.07) is 22.1. The van der Waals surface area contributed by atoms with Gasteiger partial charge >= 0.3 is 0 Å². The fraction of sp³-hybridized carbons (Fsp3) is 0.304. The van der Waals surface area contributed by atoms with Crippen LogP contribution >= 0.6 is 0 Å². The summed E-state index contributed by atoms with van der Waals surface area (Å²) in [6.07, 6.45) is 0.986. The Morgan fingerprint density at radius 2 is 1.79 bits per heavy atom. The highest BCUT2D eigenvalue weighted by Crippen LogP contribution is 2.19. The molecule has 0 fully saturated rings. The van der Waals surface area contributed by atoms with Gasteiger partial charge in [0, 0.05) is 31.8 Å². The van der Waals surface area contributed by atoms with Gasteiger partial charge < -0.3 is 19.9 Å². The van der Waals surface area contributed by atoms with Crippen LogP contribution in [0.15, 0.2) is 76.2 Å². The minimum absolute atomic E-state index is 0.0969. The van der Waals surface area contributed by atoms with Gasteiger partial charge in [-0.2, -0.15) is 0 Å². The minimum atomic E-state index is 0.0969. The van der Waals surface area contributed by atoms with Crippen LogP contribution < -0.4 is 10.6 Å². The maximum Gasteiger partial charge on any atom is 0.191 e. The number of rotatable bonds is 9. The van der Waals surface area contributed by atoms with Crippen LogP contribution in [0.5, 0.6) is 0 Å². The summed E-state index contributed by atoms with van der Waals surface area (Å²) < 4.78 is 11.3. The van der Waals surface area contributed by atoms with Gasteiger partial charge in [0.1, 0.15) is 5.69 Å². The largest absolute Gasteiger partial charge is 0.374 e. The van der Waals surface area contributed by atoms with Crippen molar-refractivity contribution in [3.63, 3.8) is 0 Å². The first kappa shape index (κ1) is 20.6. The second kappa shape index (κ2) is 11.0. The lowest BCUT2D eigenvalue weighted by Gasteiger charge is -2.14. The molecule has 0 aliphatic rings. The Bertz CT molecular complexity index is 878. The van der Waals surface area contributed by atoms with E-state index in [4.69, 9.17) is 9.26 Å². The molecule has 3 aromatic rings. The van der Waals surface area contributed by atoms with Crippen LogP contribution in [0.25, 0.3) is 11.3 Å². The van der Waals surface area contributed by atoms with Crippen molar-refractivity contribution in [1.82, 2.24) is 15.8 Å². The van der Waals surface area contributed by atoms with Crippen LogP contribution in [0.3, 0.4) is 0 Å². The molecule has 0 saturated carbocycles. The lowest BCUT2D eigenvalue weighted by molar-refractivity contribution is 0.0646. The Morgan fingerprint density at radius 1 is 1.07 bits per heavy atom. The van der Waals surface area contributed by atoms with Gasteiger partial charge in [-0.3, -0.25) is 4.99 Å². The van der Waals surface area contributed by atoms with E-state index in [2.05, 4.69) is 39.8 Å². The van der Waals surface area contributed by atoms with Crippen LogP contribution in [0, 0.1) is 0 Å². The number of nitrogens with one attached hydrogen (secondary N) is 2. The van der Waals surface area contributed by atoms with E-state index < -0.39 is 0 Å². The second-order valence-corrected chi connectivity index (χ2v) is 6.68. The number of hydrogen-bond acceptors (Lipinski definition) is 4. The average Bonchev–Trinajstić information content (AvgIpc) is 3.26. The molecule has 3 rings (SSSR count). The summed E-state index contributed by atoms with van der Waals surface area (Å²) in [6.45, 7) is 4.07. The molecule has 0 aliphatic heterocycles. The molecule has 1 aromatic heterocycles. The fourth-order valence-corrected chi connectivity index (χ4v) is 2.89. The monoisotopic (exact) mass is 392 g/mol. The van der Waals surface area contributed by atoms with Crippen LogP contribution in [-0.4, -0.2) is 31.3 Å². The van der Waals surface area contributed by atoms with E-state index in [0.717, 1.165) is 35.9 Å². The van der Waals surface area contributed by atoms with E-state index in [0.29, 0.717) is 13.2 Å². The van der Waals surface area contributed by atoms with Crippen molar-refractivity contribution in [2.45, 2.75) is 26.0 Å². The van der Waals surface area contributed by atoms with Crippen molar-refractivity contribution in [1.29, 1.82) is 0 Å². The molecule has 2 N–H and O–H groups in total. The Morgan fingerprint density at radius 3 is 2.52 bits per heavy atom. The third kappa shape index (κ3) is 6.47. The zero-order valence-corrected chi connectivity index (χ0v) is 17.0. The molecule has 152 valence electrons. The molecule has 1 heterocycles. The van der Waals surface area contributed by atoms with E-state index in [9.17, 15) is 0 Å². The molecule has 0 spiro atoms. The Hall–Kier alpha value is -3.12. The van der Waals surface area contributed by atoms with Crippen molar-refractivity contribution in [3.05, 3.63) is 78.0 Å². The summed E-state index contributed by atoms with van der Waals surface area (Å²) in [7, 11) is 1.75. The first-order valence-corrected chi connectivity index (χ1v) is 9.88. The van der Waals surface area contributed by atoms with Crippen molar-refractivity contribution in [3.8, 4) is 11.3 Å². The summed E-state index contributed by atoms with van der Waals surface area (Å²) in [5.41, 5.74) is 3.03. The van der Waals surface area contributed by atoms with Crippen LogP contribution in [-0.2, 0) is 11.3 Å². The number of ether oxygens (including phenoxy) is 1. The zero-order valence-electron chi connectivity index (χ0n) is 17.0. The smallest absolute Gasteiger partial charge is 0.191 e. The number of hydrogen-bond donors (Lipinski definition) is 2. The maximum absolute atomic E-state index is 5.89. The van der Waals surface area contributed by atoms with Gasteiger partial charge in [0.25, 0.3) is 0 Å². The van der Waals surface area contributed by atoms with Crippen molar-refractivity contribution < 1.29 is 9.26 Å². The lowest BCUT2D eigenvalue weighted by Crippen LogP contribution is -2.37. The van der Waals surface area contributed by atoms with Crippen LogP contribution in [0.4, 0.5) is 0 Å². The zero-order chi connectivity index (χ0) is 20.3. The molecule has 6 nitrogen and oxygen atoms in total. The molecule has 0 bridgehead atoms. The normalized spacial score (nSPS) is 12.6. The number of nitrogens with zero attached hydrogens (tertiary/aromatic N) is 2. The summed E-state index contributed by atoms with van der Waals surface area (Å²) in [5.74, 6) is 1.49. The van der Waals surface area contributed by atoms with E-state index in [1.807, 2.05) is 54.6 Å². The van der Waals surface area contributed by atoms with Gasteiger partial charge in [-0.15, -0.1) is 0 Å². The average molecular weight is 393 g/mol. The third-order valence-corrected chi connectivity index (χ3v) is 4.53. The quantitative estimate of drug-likeness (QED) is 0.325. The maximum atomic E-state index is 5.89. The Labute approximate surface area is 172 Å². The van der Waals surface area contributed by atoms with E-state index in [1.165, 1.54) is 5.56 Å². The number of benzene rings is 2. The predicted molar refractivity (Wildman–Crippen MR) is 116 cm³/mol. The minimum Gasteiger partial charge on any atom is -0.374 e. The molecule has 0 amide bonds. The summed E-state index contributed by atoms with van der Waals surface area (Å²) in [5, 5.41) is 10.7. The molecule has 0 radical (unpaired) electrons. The number of aromatic nitrogens is 1. The molecule has 29 heavy (non-hydrogen) atoms. The van der Waals surface area contributed by atoms with Crippen molar-refractivity contribution in [2.75, 3.05) is 20.2 Å². The van der Waals surface area contributed by atoms with Gasteiger partial charge in [0.15, 0.2) is 11.7 Å². The molecule has 2 aromatic carbocycles. The van der Waals surface area contributed by atoms with E-state index in [1.54, 1.807) is 7.05 Å². The topological polar surface area (TPSA) is 71.7 Å². The molecular formula is C23H28N4O2. The van der Waals surface area contributed by atoms with Crippen molar-refractivity contribution in [2.24, 2.45) is 4.99 Å². The standard InChI is InChI=1S/C23H28N4O2/c1-18(19-10-5-3-6-11-19)28-15-9-14-25-23(24-2)26-17-21-16-22(29-27-21)20-12-7-4-8-13-20/h3-8,10-13,16,18H,9,14-15,17H2,1-2H3,(H2,24,25,26). The van der Waals surface area contributed by atoms with Gasteiger partial charge in [-0.05, 0) is 18.9 Å². The van der Waals surface area contributed by atoms with Crippen LogP contribution in [0.2, 0.25) is 0 Å². The first-order valence-electron chi connectivity index (χ1n) is 9.88. The highest BCUT2D eigenvalue weighted by Gasteiger charge is 2.07. The first-order chi connectivity index (χ1) is 14.3. The van der Waals surface area contributed by atoms with E-state index >= 15 is 0 Å². The van der Waals surface area contributed by atoms with Crippen molar-refractivity contribution >= 4 is 5.96 Å². The highest BCUT2D eigenvalue weighted by atomic mass is 16.5. The summed E-state index contributed by atoms with van der Waals surface area (Å²) in [4.78, 5) is 4.24. The second-order valence-electron chi connectivity index (χ2n) is 6.68. The number of aliphatic imine (C=N–C) groups is 1. The fourth-order valence-electron chi connectivity index (χ4n) is 2.89. The highest BCUT2D eigenvalue weighted by molar-refractivity contribution is 5.79. The van der Waals surface area contributed by atoms with Gasteiger partial charge in [-0.25, -0.2) is 0 Å². The predicted octanol–water partition coefficient (Wildman–Crippen LogP) is 4.17. The lowest BCUT2D eigenvalue weighted by atomic mass is 10.1. The molecule has 0 aliphatic carbocycles. The Kier molecular flexibility index (Phi) is 7.83. The molecular weight excluding hydrogens is 364 g/mol. The molecule has 0 saturated heterocycles. The SMILES string of the molecule is CN=C(NCCCOC(C)c1ccccc1)NCc1cc(-c2ccccc2)on1. The van der Waals surface area contributed by atoms with Gasteiger partial charge in [-0.1, -0.05) is 65.8 Å². The van der Waals surface area contributed by atoms with E-state index in [-0.39, 0.29) is 6.10 Å². The van der Waals surface area contributed by atoms with Crippen LogP contribution in [0.1, 0.15) is 30.7 Å². The molecule has 1 unspecified atom stereocenters. The van der Waals surface area contributed by atoms with Gasteiger partial charge in [0.2, 0.25) is 0 Å².